The summed E-state index contributed by atoms with van der Waals surface area (Å²) in [6.45, 7) is 1.88. The van der Waals surface area contributed by atoms with E-state index in [0.29, 0.717) is 32.5 Å². The molecule has 0 radical (unpaired) electrons. The van der Waals surface area contributed by atoms with Crippen LogP contribution in [0.25, 0.3) is 17.2 Å². The molecular formula is C33H42N2O4S2. The van der Waals surface area contributed by atoms with E-state index in [0.717, 1.165) is 46.1 Å². The first-order valence-corrected chi connectivity index (χ1v) is 17.4. The molecule has 41 heavy (non-hydrogen) atoms. The van der Waals surface area contributed by atoms with Crippen LogP contribution in [0.3, 0.4) is 0 Å². The van der Waals surface area contributed by atoms with E-state index < -0.39 is 5.97 Å². The second-order valence-electron chi connectivity index (χ2n) is 11.9. The van der Waals surface area contributed by atoms with Crippen molar-refractivity contribution in [1.29, 1.82) is 0 Å². The molecule has 0 unspecified atom stereocenters. The van der Waals surface area contributed by atoms with Crippen LogP contribution in [0.2, 0.25) is 0 Å². The molecule has 0 spiro atoms. The largest absolute Gasteiger partial charge is 0.493 e. The van der Waals surface area contributed by atoms with Crippen molar-refractivity contribution < 1.29 is 19.4 Å². The maximum absolute atomic E-state index is 12.3. The van der Waals surface area contributed by atoms with Crippen LogP contribution in [0, 0.1) is 17.8 Å². The third-order valence-electron chi connectivity index (χ3n) is 8.85. The Bertz CT molecular complexity index is 1190. The van der Waals surface area contributed by atoms with E-state index in [1.165, 1.54) is 55.7 Å². The van der Waals surface area contributed by atoms with E-state index in [1.807, 2.05) is 12.1 Å². The molecule has 0 atom stereocenters. The predicted molar refractivity (Wildman–Crippen MR) is 170 cm³/mol. The second kappa shape index (κ2) is 14.2. The number of hydrogen-bond donors (Lipinski definition) is 3. The second-order valence-corrected chi connectivity index (χ2v) is 14.6. The van der Waals surface area contributed by atoms with Crippen LogP contribution in [0.4, 0.5) is 0 Å². The molecule has 0 heterocycles. The lowest BCUT2D eigenvalue weighted by Crippen LogP contribution is -2.48. The third-order valence-corrected chi connectivity index (χ3v) is 11.3. The van der Waals surface area contributed by atoms with Crippen LogP contribution < -0.4 is 15.8 Å². The molecule has 4 N–H and O–H groups in total. The highest BCUT2D eigenvalue weighted by Crippen LogP contribution is 2.62. The number of carboxylic acid groups (broad SMARTS) is 1. The van der Waals surface area contributed by atoms with Crippen molar-refractivity contribution >= 4 is 39.5 Å². The van der Waals surface area contributed by atoms with Gasteiger partial charge in [0.15, 0.2) is 0 Å². The van der Waals surface area contributed by atoms with Gasteiger partial charge in [-0.05, 0) is 103 Å². The van der Waals surface area contributed by atoms with E-state index in [-0.39, 0.29) is 11.3 Å². The highest BCUT2D eigenvalue weighted by atomic mass is 33.1. The summed E-state index contributed by atoms with van der Waals surface area (Å²) >= 11 is 0. The first kappa shape index (κ1) is 30.1. The summed E-state index contributed by atoms with van der Waals surface area (Å²) in [5.41, 5.74) is 10.2. The predicted octanol–water partition coefficient (Wildman–Crippen LogP) is 6.53. The first-order chi connectivity index (χ1) is 19.9. The number of carbonyl (C=O) groups excluding carboxylic acids is 1. The maximum atomic E-state index is 12.3. The molecular weight excluding hydrogens is 553 g/mol. The minimum absolute atomic E-state index is 0.0799. The Kier molecular flexibility index (Phi) is 10.4. The van der Waals surface area contributed by atoms with Gasteiger partial charge in [-0.15, -0.1) is 0 Å². The fraction of sp³-hybridized carbons (Fsp3) is 0.515. The molecule has 1 amide bonds. The number of rotatable bonds is 15. The summed E-state index contributed by atoms with van der Waals surface area (Å²) in [5.74, 6) is 4.41. The Labute approximate surface area is 251 Å². The molecule has 4 bridgehead atoms. The number of nitrogens with two attached hydrogens (primary N) is 1. The summed E-state index contributed by atoms with van der Waals surface area (Å²) < 4.78 is 6.45. The Morgan fingerprint density at radius 2 is 1.63 bits per heavy atom. The summed E-state index contributed by atoms with van der Waals surface area (Å²) in [5, 5.41) is 11.9. The Morgan fingerprint density at radius 3 is 2.29 bits per heavy atom. The van der Waals surface area contributed by atoms with Gasteiger partial charge < -0.3 is 20.9 Å². The zero-order chi connectivity index (χ0) is 28.7. The number of amides is 1. The summed E-state index contributed by atoms with van der Waals surface area (Å²) in [6.07, 6.45) is 11.9. The molecule has 4 saturated carbocycles. The van der Waals surface area contributed by atoms with Gasteiger partial charge >= 0.3 is 5.97 Å². The van der Waals surface area contributed by atoms with Crippen molar-refractivity contribution in [3.63, 3.8) is 0 Å². The lowest BCUT2D eigenvalue weighted by Gasteiger charge is -2.57. The van der Waals surface area contributed by atoms with Crippen molar-refractivity contribution in [3.8, 4) is 16.9 Å². The quantitative estimate of drug-likeness (QED) is 0.122. The van der Waals surface area contributed by atoms with Crippen LogP contribution in [-0.4, -0.2) is 48.2 Å². The van der Waals surface area contributed by atoms with Gasteiger partial charge in [-0.3, -0.25) is 4.79 Å². The van der Waals surface area contributed by atoms with Crippen LogP contribution in [-0.2, 0) is 15.0 Å². The van der Waals surface area contributed by atoms with Gasteiger partial charge in [-0.25, -0.2) is 4.79 Å². The third kappa shape index (κ3) is 7.90. The van der Waals surface area contributed by atoms with Gasteiger partial charge in [-0.2, -0.15) is 0 Å². The van der Waals surface area contributed by atoms with Crippen LogP contribution >= 0.6 is 21.6 Å². The van der Waals surface area contributed by atoms with Gasteiger partial charge in [0, 0.05) is 42.7 Å². The van der Waals surface area contributed by atoms with Gasteiger partial charge in [0.25, 0.3) is 0 Å². The SMILES string of the molecule is NCCSSCCNC(=O)CCCOc1ccc(-c2ccc(/C=C/C(=O)O)cc2)cc1C12CC3CC(CC(C3)C1)C2. The topological polar surface area (TPSA) is 102 Å². The molecule has 4 aliphatic rings. The van der Waals surface area contributed by atoms with E-state index in [9.17, 15) is 9.59 Å². The number of carboxylic acids is 1. The van der Waals surface area contributed by atoms with Crippen LogP contribution in [0.5, 0.6) is 5.75 Å². The van der Waals surface area contributed by atoms with Crippen molar-refractivity contribution in [2.24, 2.45) is 23.5 Å². The lowest BCUT2D eigenvalue weighted by atomic mass is 9.48. The lowest BCUT2D eigenvalue weighted by molar-refractivity contribution is -0.131. The average Bonchev–Trinajstić information content (AvgIpc) is 2.95. The zero-order valence-corrected chi connectivity index (χ0v) is 25.3. The van der Waals surface area contributed by atoms with E-state index in [1.54, 1.807) is 27.7 Å². The van der Waals surface area contributed by atoms with Crippen molar-refractivity contribution in [1.82, 2.24) is 5.32 Å². The smallest absolute Gasteiger partial charge is 0.328 e. The minimum Gasteiger partial charge on any atom is -0.493 e. The number of hydrogen-bond acceptors (Lipinski definition) is 6. The average molecular weight is 595 g/mol. The zero-order valence-electron chi connectivity index (χ0n) is 23.7. The normalized spacial score (nSPS) is 24.6. The molecule has 8 heteroatoms. The summed E-state index contributed by atoms with van der Waals surface area (Å²) in [7, 11) is 3.49. The number of carbonyl (C=O) groups is 2. The summed E-state index contributed by atoms with van der Waals surface area (Å²) in [6, 6.07) is 14.7. The van der Waals surface area contributed by atoms with Crippen LogP contribution in [0.15, 0.2) is 48.5 Å². The Balaban J connectivity index is 1.26. The maximum Gasteiger partial charge on any atom is 0.328 e. The highest BCUT2D eigenvalue weighted by molar-refractivity contribution is 8.76. The summed E-state index contributed by atoms with van der Waals surface area (Å²) in [4.78, 5) is 23.2. The molecule has 6 nitrogen and oxygen atoms in total. The monoisotopic (exact) mass is 594 g/mol. The van der Waals surface area contributed by atoms with Gasteiger partial charge in [0.1, 0.15) is 5.75 Å². The van der Waals surface area contributed by atoms with Gasteiger partial charge in [-0.1, -0.05) is 51.9 Å². The van der Waals surface area contributed by atoms with E-state index in [2.05, 4.69) is 35.6 Å². The minimum atomic E-state index is -0.946. The number of ether oxygens (including phenoxy) is 1. The molecule has 4 fully saturated rings. The fourth-order valence-electron chi connectivity index (χ4n) is 7.55. The van der Waals surface area contributed by atoms with Crippen molar-refractivity contribution in [3.05, 3.63) is 59.7 Å². The Hall–Kier alpha value is -2.42. The van der Waals surface area contributed by atoms with Gasteiger partial charge in [0.05, 0.1) is 6.61 Å². The van der Waals surface area contributed by atoms with Crippen molar-refractivity contribution in [2.75, 3.05) is 31.2 Å². The molecule has 0 aromatic heterocycles. The fourth-order valence-corrected chi connectivity index (χ4v) is 9.31. The standard InChI is InChI=1S/C33H42N2O4S2/c34-11-14-40-41-15-12-35-31(36)2-1-13-39-30-9-8-28(27-6-3-23(4-7-27)5-10-32(37)38)19-29(30)33-20-24-16-25(21-33)18-26(17-24)22-33/h3-10,19,24-26H,1-2,11-18,20-22,34H2,(H,35,36)(H,37,38)/b10-5+. The highest BCUT2D eigenvalue weighted by Gasteiger charge is 2.52. The molecule has 2 aromatic rings. The van der Waals surface area contributed by atoms with E-state index >= 15 is 0 Å². The number of nitrogens with one attached hydrogen (secondary N) is 1. The van der Waals surface area contributed by atoms with Gasteiger partial charge in [0.2, 0.25) is 5.91 Å². The molecule has 0 aliphatic heterocycles. The Morgan fingerprint density at radius 1 is 0.976 bits per heavy atom. The first-order valence-electron chi connectivity index (χ1n) is 14.9. The molecule has 4 aliphatic carbocycles. The van der Waals surface area contributed by atoms with Crippen LogP contribution in [0.1, 0.15) is 62.5 Å². The molecule has 2 aromatic carbocycles. The van der Waals surface area contributed by atoms with E-state index in [4.69, 9.17) is 15.6 Å². The number of aliphatic carboxylic acids is 1. The number of benzene rings is 2. The molecule has 220 valence electrons. The van der Waals surface area contributed by atoms with Crippen molar-refractivity contribution in [2.45, 2.75) is 56.8 Å². The molecule has 6 rings (SSSR count). The molecule has 0 saturated heterocycles.